The van der Waals surface area contributed by atoms with Crippen LogP contribution < -0.4 is 10.6 Å². The van der Waals surface area contributed by atoms with Gasteiger partial charge in [-0.15, -0.1) is 0 Å². The van der Waals surface area contributed by atoms with E-state index in [1.807, 2.05) is 18.2 Å². The number of hydrogen-bond acceptors (Lipinski definition) is 3. The Balaban J connectivity index is 1.48. The quantitative estimate of drug-likeness (QED) is 0.813. The van der Waals surface area contributed by atoms with Crippen LogP contribution in [-0.2, 0) is 11.3 Å². The predicted molar refractivity (Wildman–Crippen MR) is 91.4 cm³/mol. The van der Waals surface area contributed by atoms with Gasteiger partial charge in [-0.25, -0.2) is 0 Å². The van der Waals surface area contributed by atoms with Crippen molar-refractivity contribution >= 4 is 5.91 Å². The molecular formula is C19H28N2O2. The van der Waals surface area contributed by atoms with E-state index in [0.29, 0.717) is 12.6 Å². The molecule has 2 fully saturated rings. The molecule has 2 N–H and O–H groups in total. The van der Waals surface area contributed by atoms with Gasteiger partial charge in [0.1, 0.15) is 0 Å². The molecule has 0 bridgehead atoms. The number of carbonyl (C=O) groups is 1. The standard InChI is InChI=1S/C19H28N2O2/c1-14(16-6-3-7-16)20-12-15-5-2-8-17(11-15)19(22)21-13-18-9-4-10-23-18/h2,5,8,11,14,16,18,20H,3-4,6-7,9-10,12-13H2,1H3,(H,21,22). The number of hydrogen-bond donors (Lipinski definition) is 2. The average Bonchev–Trinajstić information content (AvgIpc) is 3.02. The molecule has 1 saturated carbocycles. The van der Waals surface area contributed by atoms with Crippen LogP contribution in [0.3, 0.4) is 0 Å². The maximum atomic E-state index is 12.3. The lowest BCUT2D eigenvalue weighted by molar-refractivity contribution is 0.0857. The molecule has 23 heavy (non-hydrogen) atoms. The summed E-state index contributed by atoms with van der Waals surface area (Å²) in [6, 6.07) is 8.47. The van der Waals surface area contributed by atoms with Gasteiger partial charge in [-0.3, -0.25) is 4.79 Å². The second kappa shape index (κ2) is 7.93. The minimum absolute atomic E-state index is 0.00519. The van der Waals surface area contributed by atoms with Gasteiger partial charge in [-0.1, -0.05) is 18.6 Å². The first-order chi connectivity index (χ1) is 11.2. The Morgan fingerprint density at radius 1 is 1.30 bits per heavy atom. The SMILES string of the molecule is CC(NCc1cccc(C(=O)NCC2CCCO2)c1)C1CCC1. The second-order valence-electron chi connectivity index (χ2n) is 6.91. The Kier molecular flexibility index (Phi) is 5.68. The Bertz CT molecular complexity index is 522. The molecule has 4 nitrogen and oxygen atoms in total. The summed E-state index contributed by atoms with van der Waals surface area (Å²) in [5.41, 5.74) is 1.90. The van der Waals surface area contributed by atoms with Crippen molar-refractivity contribution in [2.45, 2.75) is 57.7 Å². The summed E-state index contributed by atoms with van der Waals surface area (Å²) < 4.78 is 5.54. The van der Waals surface area contributed by atoms with E-state index in [9.17, 15) is 4.79 Å². The van der Waals surface area contributed by atoms with E-state index in [1.165, 1.54) is 24.8 Å². The lowest BCUT2D eigenvalue weighted by Gasteiger charge is -2.32. The summed E-state index contributed by atoms with van der Waals surface area (Å²) in [5.74, 6) is 0.822. The van der Waals surface area contributed by atoms with Crippen LogP contribution in [0.25, 0.3) is 0 Å². The molecule has 2 atom stereocenters. The molecule has 1 aliphatic carbocycles. The molecule has 1 saturated heterocycles. The van der Waals surface area contributed by atoms with Crippen LogP contribution in [0.2, 0.25) is 0 Å². The van der Waals surface area contributed by atoms with Crippen molar-refractivity contribution < 1.29 is 9.53 Å². The monoisotopic (exact) mass is 316 g/mol. The molecule has 3 rings (SSSR count). The molecular weight excluding hydrogens is 288 g/mol. The summed E-state index contributed by atoms with van der Waals surface area (Å²) in [7, 11) is 0. The lowest BCUT2D eigenvalue weighted by Crippen LogP contribution is -2.36. The van der Waals surface area contributed by atoms with Gasteiger partial charge in [-0.2, -0.15) is 0 Å². The third-order valence-corrected chi connectivity index (χ3v) is 5.19. The van der Waals surface area contributed by atoms with E-state index in [2.05, 4.69) is 23.6 Å². The number of benzene rings is 1. The number of rotatable bonds is 7. The summed E-state index contributed by atoms with van der Waals surface area (Å²) >= 11 is 0. The fourth-order valence-corrected chi connectivity index (χ4v) is 3.32. The molecule has 1 amide bonds. The number of nitrogens with one attached hydrogen (secondary N) is 2. The topological polar surface area (TPSA) is 50.4 Å². The molecule has 0 spiro atoms. The van der Waals surface area contributed by atoms with Crippen LogP contribution in [0.1, 0.15) is 54.9 Å². The molecule has 2 unspecified atom stereocenters. The Morgan fingerprint density at radius 3 is 2.87 bits per heavy atom. The number of ether oxygens (including phenoxy) is 1. The fourth-order valence-electron chi connectivity index (χ4n) is 3.32. The van der Waals surface area contributed by atoms with Gasteiger partial charge in [0.15, 0.2) is 0 Å². The highest BCUT2D eigenvalue weighted by molar-refractivity contribution is 5.94. The van der Waals surface area contributed by atoms with Crippen molar-refractivity contribution in [3.8, 4) is 0 Å². The van der Waals surface area contributed by atoms with Gasteiger partial charge in [0.25, 0.3) is 5.91 Å². The second-order valence-corrected chi connectivity index (χ2v) is 6.91. The van der Waals surface area contributed by atoms with E-state index in [4.69, 9.17) is 4.74 Å². The lowest BCUT2D eigenvalue weighted by atomic mass is 9.80. The largest absolute Gasteiger partial charge is 0.376 e. The minimum atomic E-state index is -0.00519. The van der Waals surface area contributed by atoms with Crippen molar-refractivity contribution in [1.82, 2.24) is 10.6 Å². The Morgan fingerprint density at radius 2 is 2.17 bits per heavy atom. The third kappa shape index (κ3) is 4.55. The fraction of sp³-hybridized carbons (Fsp3) is 0.632. The first kappa shape index (κ1) is 16.5. The first-order valence-electron chi connectivity index (χ1n) is 8.94. The van der Waals surface area contributed by atoms with Crippen LogP contribution in [0.5, 0.6) is 0 Å². The van der Waals surface area contributed by atoms with E-state index < -0.39 is 0 Å². The van der Waals surface area contributed by atoms with Crippen molar-refractivity contribution in [2.24, 2.45) is 5.92 Å². The zero-order valence-corrected chi connectivity index (χ0v) is 14.0. The summed E-state index contributed by atoms with van der Waals surface area (Å²) in [6.07, 6.45) is 6.40. The van der Waals surface area contributed by atoms with Gasteiger partial charge < -0.3 is 15.4 Å². The van der Waals surface area contributed by atoms with Gasteiger partial charge >= 0.3 is 0 Å². The van der Waals surface area contributed by atoms with E-state index >= 15 is 0 Å². The van der Waals surface area contributed by atoms with Gasteiger partial charge in [0, 0.05) is 31.3 Å². The maximum Gasteiger partial charge on any atom is 0.251 e. The molecule has 0 aromatic heterocycles. The molecule has 4 heteroatoms. The van der Waals surface area contributed by atoms with Crippen molar-refractivity contribution in [3.05, 3.63) is 35.4 Å². The maximum absolute atomic E-state index is 12.3. The smallest absolute Gasteiger partial charge is 0.251 e. The van der Waals surface area contributed by atoms with Crippen molar-refractivity contribution in [2.75, 3.05) is 13.2 Å². The van der Waals surface area contributed by atoms with Crippen LogP contribution in [-0.4, -0.2) is 31.2 Å². The normalized spacial score (nSPS) is 22.6. The summed E-state index contributed by atoms with van der Waals surface area (Å²) in [6.45, 7) is 4.52. The van der Waals surface area contributed by atoms with Crippen LogP contribution in [0.15, 0.2) is 24.3 Å². The molecule has 0 radical (unpaired) electrons. The molecule has 126 valence electrons. The molecule has 1 heterocycles. The summed E-state index contributed by atoms with van der Waals surface area (Å²) in [4.78, 5) is 12.3. The van der Waals surface area contributed by atoms with Gasteiger partial charge in [0.2, 0.25) is 0 Å². The molecule has 2 aliphatic rings. The zero-order valence-electron chi connectivity index (χ0n) is 14.0. The van der Waals surface area contributed by atoms with Crippen LogP contribution >= 0.6 is 0 Å². The first-order valence-corrected chi connectivity index (χ1v) is 8.94. The average molecular weight is 316 g/mol. The molecule has 1 aromatic rings. The van der Waals surface area contributed by atoms with Crippen LogP contribution in [0, 0.1) is 5.92 Å². The Hall–Kier alpha value is -1.39. The zero-order chi connectivity index (χ0) is 16.1. The Labute approximate surface area is 139 Å². The van der Waals surface area contributed by atoms with Gasteiger partial charge in [0.05, 0.1) is 6.10 Å². The molecule has 1 aliphatic heterocycles. The van der Waals surface area contributed by atoms with Gasteiger partial charge in [-0.05, 0) is 56.2 Å². The predicted octanol–water partition coefficient (Wildman–Crippen LogP) is 2.87. The molecule has 1 aromatic carbocycles. The summed E-state index contributed by atoms with van der Waals surface area (Å²) in [5, 5.41) is 6.58. The highest BCUT2D eigenvalue weighted by Gasteiger charge is 2.23. The number of amides is 1. The third-order valence-electron chi connectivity index (χ3n) is 5.19. The van der Waals surface area contributed by atoms with Crippen molar-refractivity contribution in [1.29, 1.82) is 0 Å². The number of carbonyl (C=O) groups excluding carboxylic acids is 1. The highest BCUT2D eigenvalue weighted by Crippen LogP contribution is 2.29. The van der Waals surface area contributed by atoms with E-state index in [0.717, 1.165) is 37.5 Å². The highest BCUT2D eigenvalue weighted by atomic mass is 16.5. The van der Waals surface area contributed by atoms with E-state index in [1.54, 1.807) is 0 Å². The van der Waals surface area contributed by atoms with Crippen molar-refractivity contribution in [3.63, 3.8) is 0 Å². The van der Waals surface area contributed by atoms with E-state index in [-0.39, 0.29) is 12.0 Å². The van der Waals surface area contributed by atoms with Crippen LogP contribution in [0.4, 0.5) is 0 Å². The minimum Gasteiger partial charge on any atom is -0.376 e.